The molecule has 4 nitrogen and oxygen atoms in total. The van der Waals surface area contributed by atoms with Crippen molar-refractivity contribution in [1.29, 1.82) is 0 Å². The largest absolute Gasteiger partial charge is 0.325 e. The summed E-state index contributed by atoms with van der Waals surface area (Å²) in [7, 11) is 0. The van der Waals surface area contributed by atoms with Gasteiger partial charge in [-0.1, -0.05) is 46.5 Å². The fourth-order valence-electron chi connectivity index (χ4n) is 5.60. The van der Waals surface area contributed by atoms with E-state index in [-0.39, 0.29) is 0 Å². The van der Waals surface area contributed by atoms with E-state index in [0.717, 1.165) is 43.9 Å². The number of piperidine rings is 3. The van der Waals surface area contributed by atoms with Crippen LogP contribution in [0.2, 0.25) is 0 Å². The monoisotopic (exact) mass is 421 g/mol. The fraction of sp³-hybridized carbons (Fsp3) is 0.962. The van der Waals surface area contributed by atoms with Crippen molar-refractivity contribution in [3.63, 3.8) is 0 Å². The third-order valence-electron chi connectivity index (χ3n) is 7.95. The molecule has 3 heterocycles. The van der Waals surface area contributed by atoms with Crippen molar-refractivity contribution < 1.29 is 4.79 Å². The van der Waals surface area contributed by atoms with Gasteiger partial charge in [0.05, 0.1) is 0 Å². The lowest BCUT2D eigenvalue weighted by atomic mass is 9.86. The molecule has 30 heavy (non-hydrogen) atoms. The number of hydrogen-bond donors (Lipinski definition) is 0. The van der Waals surface area contributed by atoms with Crippen LogP contribution in [0.5, 0.6) is 0 Å². The molecule has 0 atom stereocenters. The van der Waals surface area contributed by atoms with Gasteiger partial charge in [-0.3, -0.25) is 0 Å². The first kappa shape index (κ1) is 25.5. The summed E-state index contributed by atoms with van der Waals surface area (Å²) in [5.74, 6) is 2.65. The maximum atomic E-state index is 12.8. The number of likely N-dealkylation sites (tertiary alicyclic amines) is 3. The molecule has 0 aliphatic carbocycles. The molecule has 0 spiro atoms. The van der Waals surface area contributed by atoms with E-state index in [2.05, 4.69) is 35.5 Å². The summed E-state index contributed by atoms with van der Waals surface area (Å²) in [5.41, 5.74) is 0. The average Bonchev–Trinajstić information content (AvgIpc) is 2.81. The highest BCUT2D eigenvalue weighted by Crippen LogP contribution is 2.28. The number of amides is 2. The van der Waals surface area contributed by atoms with Gasteiger partial charge in [-0.05, 0) is 83.2 Å². The quantitative estimate of drug-likeness (QED) is 0.506. The van der Waals surface area contributed by atoms with Crippen LogP contribution >= 0.6 is 0 Å². The molecular formula is C26H51N3O. The third-order valence-corrected chi connectivity index (χ3v) is 7.95. The number of rotatable bonds is 6. The first-order valence-electron chi connectivity index (χ1n) is 13.3. The predicted molar refractivity (Wildman–Crippen MR) is 129 cm³/mol. The Morgan fingerprint density at radius 3 is 1.53 bits per heavy atom. The summed E-state index contributed by atoms with van der Waals surface area (Å²) >= 11 is 0. The second-order valence-electron chi connectivity index (χ2n) is 10.1. The number of carbonyl (C=O) groups excluding carboxylic acids is 1. The molecule has 0 aromatic heterocycles. The Labute approximate surface area is 187 Å². The highest BCUT2D eigenvalue weighted by atomic mass is 16.2. The van der Waals surface area contributed by atoms with Gasteiger partial charge in [0, 0.05) is 32.2 Å². The van der Waals surface area contributed by atoms with Crippen LogP contribution < -0.4 is 0 Å². The Bertz CT molecular complexity index is 457. The van der Waals surface area contributed by atoms with Gasteiger partial charge in [0.25, 0.3) is 0 Å². The van der Waals surface area contributed by atoms with Gasteiger partial charge in [0.2, 0.25) is 0 Å². The van der Waals surface area contributed by atoms with E-state index in [1.807, 2.05) is 13.8 Å². The molecule has 0 unspecified atom stereocenters. The van der Waals surface area contributed by atoms with Crippen LogP contribution in [-0.2, 0) is 0 Å². The molecule has 2 amide bonds. The molecule has 3 rings (SSSR count). The standard InChI is InChI=1S/C24H45N3O.C2H6/c1-4-21-8-16-26(17-9-21)24(28)27-18-12-23(13-19-27)7-5-6-22-10-14-25(15-11-22)20(2)3;1-2/h20-23H,4-19H2,1-3H3;1-2H3. The van der Waals surface area contributed by atoms with Crippen LogP contribution in [0.15, 0.2) is 0 Å². The fourth-order valence-corrected chi connectivity index (χ4v) is 5.60. The van der Waals surface area contributed by atoms with Gasteiger partial charge in [-0.2, -0.15) is 0 Å². The topological polar surface area (TPSA) is 26.8 Å². The molecule has 0 aromatic carbocycles. The predicted octanol–water partition coefficient (Wildman–Crippen LogP) is 6.26. The minimum absolute atomic E-state index is 0.324. The molecule has 0 bridgehead atoms. The lowest BCUT2D eigenvalue weighted by molar-refractivity contribution is 0.113. The average molecular weight is 422 g/mol. The summed E-state index contributed by atoms with van der Waals surface area (Å²) in [6.07, 6.45) is 13.1. The van der Waals surface area contributed by atoms with Crippen LogP contribution in [0, 0.1) is 17.8 Å². The minimum Gasteiger partial charge on any atom is -0.325 e. The van der Waals surface area contributed by atoms with Gasteiger partial charge in [-0.25, -0.2) is 4.79 Å². The molecule has 3 saturated heterocycles. The zero-order chi connectivity index (χ0) is 21.9. The summed E-state index contributed by atoms with van der Waals surface area (Å²) in [4.78, 5) is 19.7. The molecule has 0 N–H and O–H groups in total. The van der Waals surface area contributed by atoms with Gasteiger partial charge in [0.15, 0.2) is 0 Å². The van der Waals surface area contributed by atoms with E-state index in [9.17, 15) is 4.79 Å². The van der Waals surface area contributed by atoms with E-state index in [1.54, 1.807) is 0 Å². The summed E-state index contributed by atoms with van der Waals surface area (Å²) in [6, 6.07) is 1.04. The number of nitrogens with zero attached hydrogens (tertiary/aromatic N) is 3. The van der Waals surface area contributed by atoms with Gasteiger partial charge < -0.3 is 14.7 Å². The van der Waals surface area contributed by atoms with Gasteiger partial charge >= 0.3 is 6.03 Å². The van der Waals surface area contributed by atoms with Crippen molar-refractivity contribution in [2.75, 3.05) is 39.3 Å². The first-order chi connectivity index (χ1) is 14.6. The summed E-state index contributed by atoms with van der Waals surface area (Å²) in [5, 5.41) is 0. The minimum atomic E-state index is 0.324. The molecule has 0 saturated carbocycles. The van der Waals surface area contributed by atoms with Crippen molar-refractivity contribution in [2.45, 2.75) is 105 Å². The number of carbonyl (C=O) groups is 1. The smallest absolute Gasteiger partial charge is 0.319 e. The first-order valence-corrected chi connectivity index (χ1v) is 13.3. The van der Waals surface area contributed by atoms with Crippen LogP contribution in [0.4, 0.5) is 4.79 Å². The van der Waals surface area contributed by atoms with E-state index in [4.69, 9.17) is 0 Å². The van der Waals surface area contributed by atoms with Crippen LogP contribution in [0.1, 0.15) is 98.8 Å². The van der Waals surface area contributed by atoms with Crippen LogP contribution in [0.25, 0.3) is 0 Å². The third kappa shape index (κ3) is 7.73. The Hall–Kier alpha value is -0.770. The SMILES string of the molecule is CC.CCC1CCN(C(=O)N2CCC(CCCC3CCN(C(C)C)CC3)CC2)CC1. The van der Waals surface area contributed by atoms with Crippen molar-refractivity contribution in [3.8, 4) is 0 Å². The van der Waals surface area contributed by atoms with Crippen LogP contribution in [0.3, 0.4) is 0 Å². The zero-order valence-electron chi connectivity index (χ0n) is 20.9. The molecule has 0 radical (unpaired) electrons. The van der Waals surface area contributed by atoms with Crippen molar-refractivity contribution in [1.82, 2.24) is 14.7 Å². The second-order valence-corrected chi connectivity index (χ2v) is 10.1. The maximum Gasteiger partial charge on any atom is 0.319 e. The summed E-state index contributed by atoms with van der Waals surface area (Å²) in [6.45, 7) is 17.5. The molecule has 0 aromatic rings. The maximum absolute atomic E-state index is 12.8. The normalized spacial score (nSPS) is 22.9. The second kappa shape index (κ2) is 13.6. The van der Waals surface area contributed by atoms with Gasteiger partial charge in [0.1, 0.15) is 0 Å². The van der Waals surface area contributed by atoms with E-state index in [0.29, 0.717) is 12.1 Å². The summed E-state index contributed by atoms with van der Waals surface area (Å²) < 4.78 is 0. The van der Waals surface area contributed by atoms with E-state index < -0.39 is 0 Å². The van der Waals surface area contributed by atoms with Crippen molar-refractivity contribution in [3.05, 3.63) is 0 Å². The number of urea groups is 1. The van der Waals surface area contributed by atoms with E-state index in [1.165, 1.54) is 77.3 Å². The molecule has 3 aliphatic rings. The van der Waals surface area contributed by atoms with E-state index >= 15 is 0 Å². The molecule has 4 heteroatoms. The number of hydrogen-bond acceptors (Lipinski definition) is 2. The van der Waals surface area contributed by atoms with Crippen molar-refractivity contribution >= 4 is 6.03 Å². The Morgan fingerprint density at radius 2 is 1.13 bits per heavy atom. The zero-order valence-corrected chi connectivity index (χ0v) is 20.9. The molecule has 176 valence electrons. The Kier molecular flexibility index (Phi) is 11.6. The van der Waals surface area contributed by atoms with Gasteiger partial charge in [-0.15, -0.1) is 0 Å². The highest BCUT2D eigenvalue weighted by molar-refractivity contribution is 5.74. The van der Waals surface area contributed by atoms with Crippen LogP contribution in [-0.4, -0.2) is 66.0 Å². The molecule has 3 aliphatic heterocycles. The molecular weight excluding hydrogens is 370 g/mol. The lowest BCUT2D eigenvalue weighted by Crippen LogP contribution is -2.49. The van der Waals surface area contributed by atoms with Crippen molar-refractivity contribution in [2.24, 2.45) is 17.8 Å². The molecule has 3 fully saturated rings. The highest BCUT2D eigenvalue weighted by Gasteiger charge is 2.29. The Morgan fingerprint density at radius 1 is 0.733 bits per heavy atom. The Balaban J connectivity index is 0.00000155. The lowest BCUT2D eigenvalue weighted by Gasteiger charge is -2.39.